The van der Waals surface area contributed by atoms with E-state index in [1.54, 1.807) is 6.92 Å². The third kappa shape index (κ3) is 5.87. The molecule has 1 atom stereocenters. The summed E-state index contributed by atoms with van der Waals surface area (Å²) >= 11 is 0. The summed E-state index contributed by atoms with van der Waals surface area (Å²) in [7, 11) is 0. The lowest BCUT2D eigenvalue weighted by molar-refractivity contribution is -0.127. The average Bonchev–Trinajstić information content (AvgIpc) is 2.55. The minimum absolute atomic E-state index is 0.0412. The fourth-order valence-corrected chi connectivity index (χ4v) is 2.88. The van der Waals surface area contributed by atoms with Gasteiger partial charge in [0.15, 0.2) is 6.10 Å². The highest BCUT2D eigenvalue weighted by atomic mass is 16.5. The van der Waals surface area contributed by atoms with E-state index in [-0.39, 0.29) is 5.91 Å². The zero-order chi connectivity index (χ0) is 16.7. The van der Waals surface area contributed by atoms with Gasteiger partial charge in [-0.15, -0.1) is 0 Å². The number of aryl methyl sites for hydroxylation is 1. The van der Waals surface area contributed by atoms with Gasteiger partial charge in [-0.2, -0.15) is 0 Å². The second-order valence-corrected chi connectivity index (χ2v) is 6.69. The molecule has 1 aliphatic rings. The lowest BCUT2D eigenvalue weighted by Crippen LogP contribution is -2.39. The number of benzene rings is 1. The molecule has 0 bridgehead atoms. The summed E-state index contributed by atoms with van der Waals surface area (Å²) in [4.78, 5) is 14.6. The SMILES string of the molecule is Cc1ccccc1O[C@@H](C)C(=O)NCCCN1CCC(C)CC1. The van der Waals surface area contributed by atoms with Crippen molar-refractivity contribution >= 4 is 5.91 Å². The fraction of sp³-hybridized carbons (Fsp3) is 0.632. The number of piperidine rings is 1. The molecule has 1 saturated heterocycles. The molecule has 1 aliphatic heterocycles. The molecule has 1 aromatic carbocycles. The first-order valence-corrected chi connectivity index (χ1v) is 8.78. The van der Waals surface area contributed by atoms with Crippen molar-refractivity contribution in [2.24, 2.45) is 5.92 Å². The van der Waals surface area contributed by atoms with Crippen molar-refractivity contribution in [2.75, 3.05) is 26.2 Å². The second-order valence-electron chi connectivity index (χ2n) is 6.69. The van der Waals surface area contributed by atoms with Crippen LogP contribution in [0.25, 0.3) is 0 Å². The number of amides is 1. The summed E-state index contributed by atoms with van der Waals surface area (Å²) in [5.41, 5.74) is 1.05. The van der Waals surface area contributed by atoms with E-state index in [1.165, 1.54) is 25.9 Å². The normalized spacial score (nSPS) is 17.7. The van der Waals surface area contributed by atoms with Crippen LogP contribution >= 0.6 is 0 Å². The lowest BCUT2D eigenvalue weighted by Gasteiger charge is -2.30. The van der Waals surface area contributed by atoms with Crippen LogP contribution in [-0.2, 0) is 4.79 Å². The van der Waals surface area contributed by atoms with E-state index in [4.69, 9.17) is 4.74 Å². The van der Waals surface area contributed by atoms with Gasteiger partial charge in [0.1, 0.15) is 5.75 Å². The van der Waals surface area contributed by atoms with Gasteiger partial charge in [-0.25, -0.2) is 0 Å². The Morgan fingerprint density at radius 2 is 2.04 bits per heavy atom. The molecule has 23 heavy (non-hydrogen) atoms. The number of carbonyl (C=O) groups is 1. The first-order valence-electron chi connectivity index (χ1n) is 8.78. The van der Waals surface area contributed by atoms with Crippen LogP contribution in [-0.4, -0.2) is 43.1 Å². The van der Waals surface area contributed by atoms with Gasteiger partial charge in [0.2, 0.25) is 0 Å². The number of hydrogen-bond acceptors (Lipinski definition) is 3. The Morgan fingerprint density at radius 3 is 2.74 bits per heavy atom. The maximum atomic E-state index is 12.1. The molecule has 1 amide bonds. The molecule has 1 aromatic rings. The number of nitrogens with one attached hydrogen (secondary N) is 1. The first kappa shape index (κ1) is 17.8. The van der Waals surface area contributed by atoms with E-state index in [0.717, 1.165) is 30.2 Å². The van der Waals surface area contributed by atoms with Gasteiger partial charge in [0.05, 0.1) is 0 Å². The van der Waals surface area contributed by atoms with E-state index < -0.39 is 6.10 Å². The van der Waals surface area contributed by atoms with E-state index in [1.807, 2.05) is 31.2 Å². The van der Waals surface area contributed by atoms with Crippen LogP contribution in [0.15, 0.2) is 24.3 Å². The summed E-state index contributed by atoms with van der Waals surface area (Å²) < 4.78 is 5.74. The van der Waals surface area contributed by atoms with Gasteiger partial charge in [0, 0.05) is 6.54 Å². The van der Waals surface area contributed by atoms with Gasteiger partial charge >= 0.3 is 0 Å². The van der Waals surface area contributed by atoms with Gasteiger partial charge in [-0.3, -0.25) is 4.79 Å². The predicted molar refractivity (Wildman–Crippen MR) is 93.7 cm³/mol. The van der Waals surface area contributed by atoms with Crippen molar-refractivity contribution < 1.29 is 9.53 Å². The molecule has 0 unspecified atom stereocenters. The second kappa shape index (κ2) is 8.92. The fourth-order valence-electron chi connectivity index (χ4n) is 2.88. The molecule has 1 N–H and O–H groups in total. The van der Waals surface area contributed by atoms with E-state index in [9.17, 15) is 4.79 Å². The van der Waals surface area contributed by atoms with Gasteiger partial charge < -0.3 is 15.0 Å². The summed E-state index contributed by atoms with van der Waals surface area (Å²) in [5.74, 6) is 1.60. The molecule has 4 nitrogen and oxygen atoms in total. The number of ether oxygens (including phenoxy) is 1. The standard InChI is InChI=1S/C19H30N2O2/c1-15-9-13-21(14-10-15)12-6-11-20-19(22)17(3)23-18-8-5-4-7-16(18)2/h4-5,7-8,15,17H,6,9-14H2,1-3H3,(H,20,22)/t17-/m0/s1. The summed E-state index contributed by atoms with van der Waals surface area (Å²) in [6.07, 6.45) is 3.13. The molecule has 0 aromatic heterocycles. The zero-order valence-electron chi connectivity index (χ0n) is 14.7. The molecule has 1 heterocycles. The molecule has 2 rings (SSSR count). The highest BCUT2D eigenvalue weighted by molar-refractivity contribution is 5.80. The van der Waals surface area contributed by atoms with Crippen molar-refractivity contribution in [2.45, 2.75) is 46.1 Å². The van der Waals surface area contributed by atoms with Crippen molar-refractivity contribution in [3.63, 3.8) is 0 Å². The van der Waals surface area contributed by atoms with Crippen LogP contribution < -0.4 is 10.1 Å². The molecular weight excluding hydrogens is 288 g/mol. The number of nitrogens with zero attached hydrogens (tertiary/aromatic N) is 1. The molecule has 4 heteroatoms. The third-order valence-corrected chi connectivity index (χ3v) is 4.59. The Kier molecular flexibility index (Phi) is 6.90. The van der Waals surface area contributed by atoms with Crippen LogP contribution in [0.3, 0.4) is 0 Å². The van der Waals surface area contributed by atoms with Crippen molar-refractivity contribution in [3.05, 3.63) is 29.8 Å². The number of carbonyl (C=O) groups excluding carboxylic acids is 1. The molecule has 128 valence electrons. The molecule has 0 aliphatic carbocycles. The van der Waals surface area contributed by atoms with Crippen molar-refractivity contribution in [1.82, 2.24) is 10.2 Å². The molecule has 0 saturated carbocycles. The predicted octanol–water partition coefficient (Wildman–Crippen LogP) is 3.00. The van der Waals surface area contributed by atoms with Crippen LogP contribution in [0.2, 0.25) is 0 Å². The van der Waals surface area contributed by atoms with E-state index in [0.29, 0.717) is 6.54 Å². The Bertz CT molecular complexity index is 496. The van der Waals surface area contributed by atoms with Gasteiger partial charge in [-0.1, -0.05) is 25.1 Å². The maximum Gasteiger partial charge on any atom is 0.260 e. The minimum atomic E-state index is -0.466. The maximum absolute atomic E-state index is 12.1. The average molecular weight is 318 g/mol. The first-order chi connectivity index (χ1) is 11.1. The smallest absolute Gasteiger partial charge is 0.260 e. The van der Waals surface area contributed by atoms with Gasteiger partial charge in [0.25, 0.3) is 5.91 Å². The van der Waals surface area contributed by atoms with Crippen LogP contribution in [0.5, 0.6) is 5.75 Å². The molecule has 0 spiro atoms. The minimum Gasteiger partial charge on any atom is -0.481 e. The van der Waals surface area contributed by atoms with Gasteiger partial charge in [-0.05, 0) is 70.3 Å². The largest absolute Gasteiger partial charge is 0.481 e. The third-order valence-electron chi connectivity index (χ3n) is 4.59. The number of rotatable bonds is 7. The van der Waals surface area contributed by atoms with E-state index >= 15 is 0 Å². The van der Waals surface area contributed by atoms with Crippen LogP contribution in [0.4, 0.5) is 0 Å². The van der Waals surface area contributed by atoms with Crippen LogP contribution in [0, 0.1) is 12.8 Å². The molecule has 0 radical (unpaired) electrons. The number of hydrogen-bond donors (Lipinski definition) is 1. The van der Waals surface area contributed by atoms with E-state index in [2.05, 4.69) is 17.1 Å². The quantitative estimate of drug-likeness (QED) is 0.786. The topological polar surface area (TPSA) is 41.6 Å². The van der Waals surface area contributed by atoms with Crippen LogP contribution in [0.1, 0.15) is 38.7 Å². The molecular formula is C19H30N2O2. The Labute approximate surface area is 140 Å². The number of para-hydroxylation sites is 1. The zero-order valence-corrected chi connectivity index (χ0v) is 14.7. The Hall–Kier alpha value is -1.55. The molecule has 1 fully saturated rings. The monoisotopic (exact) mass is 318 g/mol. The summed E-state index contributed by atoms with van der Waals surface area (Å²) in [6, 6.07) is 7.77. The van der Waals surface area contributed by atoms with Crippen molar-refractivity contribution in [3.8, 4) is 5.75 Å². The summed E-state index contributed by atoms with van der Waals surface area (Å²) in [5, 5.41) is 2.98. The summed E-state index contributed by atoms with van der Waals surface area (Å²) in [6.45, 7) is 10.3. The lowest BCUT2D eigenvalue weighted by atomic mass is 9.99. The van der Waals surface area contributed by atoms with Crippen molar-refractivity contribution in [1.29, 1.82) is 0 Å². The number of likely N-dealkylation sites (tertiary alicyclic amines) is 1. The highest BCUT2D eigenvalue weighted by Gasteiger charge is 2.16. The highest BCUT2D eigenvalue weighted by Crippen LogP contribution is 2.18. The Morgan fingerprint density at radius 1 is 1.35 bits per heavy atom. The Balaban J connectivity index is 1.63.